The molecule has 0 saturated heterocycles. The van der Waals surface area contributed by atoms with Crippen LogP contribution in [-0.4, -0.2) is 37.0 Å². The van der Waals surface area contributed by atoms with Gasteiger partial charge >= 0.3 is 0 Å². The number of benzene rings is 1. The second-order valence-corrected chi connectivity index (χ2v) is 6.28. The van der Waals surface area contributed by atoms with Gasteiger partial charge in [0.1, 0.15) is 5.82 Å². The summed E-state index contributed by atoms with van der Waals surface area (Å²) in [6, 6.07) is 6.94. The maximum absolute atomic E-state index is 13.1. The predicted molar refractivity (Wildman–Crippen MR) is 87.2 cm³/mol. The van der Waals surface area contributed by atoms with Crippen molar-refractivity contribution in [3.05, 3.63) is 35.6 Å². The molecule has 1 N–H and O–H groups in total. The van der Waals surface area contributed by atoms with E-state index in [2.05, 4.69) is 17.3 Å². The van der Waals surface area contributed by atoms with Gasteiger partial charge in [0.2, 0.25) is 5.91 Å². The molecule has 1 aromatic rings. The molecule has 1 aliphatic carbocycles. The van der Waals surface area contributed by atoms with Crippen molar-refractivity contribution in [1.82, 2.24) is 10.2 Å². The summed E-state index contributed by atoms with van der Waals surface area (Å²) in [5, 5.41) is 2.92. The summed E-state index contributed by atoms with van der Waals surface area (Å²) in [6.45, 7) is 1.70. The summed E-state index contributed by atoms with van der Waals surface area (Å²) in [5.74, 6) is -0.328. The lowest BCUT2D eigenvalue weighted by molar-refractivity contribution is -0.120. The number of hydrogen-bond acceptors (Lipinski definition) is 2. The third-order valence-corrected chi connectivity index (χ3v) is 4.46. The van der Waals surface area contributed by atoms with Crippen molar-refractivity contribution in [2.75, 3.05) is 20.1 Å². The minimum Gasteiger partial charge on any atom is -0.356 e. The van der Waals surface area contributed by atoms with Crippen LogP contribution in [0.4, 0.5) is 4.39 Å². The molecule has 0 unspecified atom stereocenters. The molecular weight excluding hydrogens is 279 g/mol. The van der Waals surface area contributed by atoms with Crippen molar-refractivity contribution >= 4 is 5.91 Å². The lowest BCUT2D eigenvalue weighted by atomic mass is 9.94. The van der Waals surface area contributed by atoms with E-state index in [4.69, 9.17) is 0 Å². The SMILES string of the molecule is CN(CCCNC(=O)Cc1cccc(F)c1)C1CCCCC1. The number of halogens is 1. The number of carbonyl (C=O) groups is 1. The zero-order valence-corrected chi connectivity index (χ0v) is 13.5. The summed E-state index contributed by atoms with van der Waals surface area (Å²) in [4.78, 5) is 14.3. The third-order valence-electron chi connectivity index (χ3n) is 4.46. The van der Waals surface area contributed by atoms with Gasteiger partial charge in [-0.1, -0.05) is 31.4 Å². The lowest BCUT2D eigenvalue weighted by Gasteiger charge is -2.31. The average molecular weight is 306 g/mol. The van der Waals surface area contributed by atoms with Crippen molar-refractivity contribution in [3.8, 4) is 0 Å². The molecule has 1 aliphatic rings. The molecule has 0 bridgehead atoms. The molecule has 22 heavy (non-hydrogen) atoms. The van der Waals surface area contributed by atoms with Crippen LogP contribution in [0.15, 0.2) is 24.3 Å². The highest BCUT2D eigenvalue weighted by Gasteiger charge is 2.17. The largest absolute Gasteiger partial charge is 0.356 e. The Kier molecular flexibility index (Phi) is 6.84. The van der Waals surface area contributed by atoms with Crippen LogP contribution in [-0.2, 0) is 11.2 Å². The highest BCUT2D eigenvalue weighted by atomic mass is 19.1. The van der Waals surface area contributed by atoms with Crippen molar-refractivity contribution in [3.63, 3.8) is 0 Å². The second-order valence-electron chi connectivity index (χ2n) is 6.28. The number of nitrogens with zero attached hydrogens (tertiary/aromatic N) is 1. The summed E-state index contributed by atoms with van der Waals surface area (Å²) in [5.41, 5.74) is 0.719. The van der Waals surface area contributed by atoms with E-state index >= 15 is 0 Å². The first-order valence-corrected chi connectivity index (χ1v) is 8.36. The fourth-order valence-corrected chi connectivity index (χ4v) is 3.16. The monoisotopic (exact) mass is 306 g/mol. The minimum absolute atomic E-state index is 0.0362. The first-order valence-electron chi connectivity index (χ1n) is 8.36. The van der Waals surface area contributed by atoms with E-state index < -0.39 is 0 Å². The van der Waals surface area contributed by atoms with Gasteiger partial charge < -0.3 is 10.2 Å². The van der Waals surface area contributed by atoms with Gasteiger partial charge in [0, 0.05) is 12.6 Å². The molecule has 1 saturated carbocycles. The molecule has 1 fully saturated rings. The Balaban J connectivity index is 1.60. The average Bonchev–Trinajstić information content (AvgIpc) is 2.52. The molecule has 122 valence electrons. The van der Waals surface area contributed by atoms with Gasteiger partial charge in [-0.05, 0) is 50.6 Å². The Labute approximate surface area is 132 Å². The number of carbonyl (C=O) groups excluding carboxylic acids is 1. The maximum atomic E-state index is 13.1. The van der Waals surface area contributed by atoms with Crippen LogP contribution in [0.1, 0.15) is 44.1 Å². The Hall–Kier alpha value is -1.42. The van der Waals surface area contributed by atoms with Crippen LogP contribution in [0, 0.1) is 5.82 Å². The van der Waals surface area contributed by atoms with E-state index in [1.807, 2.05) is 0 Å². The van der Waals surface area contributed by atoms with Gasteiger partial charge in [-0.15, -0.1) is 0 Å². The van der Waals surface area contributed by atoms with Crippen LogP contribution in [0.2, 0.25) is 0 Å². The third kappa shape index (κ3) is 5.76. The summed E-state index contributed by atoms with van der Waals surface area (Å²) >= 11 is 0. The number of nitrogens with one attached hydrogen (secondary N) is 1. The van der Waals surface area contributed by atoms with Gasteiger partial charge in [0.15, 0.2) is 0 Å². The van der Waals surface area contributed by atoms with Crippen LogP contribution >= 0.6 is 0 Å². The minimum atomic E-state index is -0.292. The zero-order valence-electron chi connectivity index (χ0n) is 13.5. The first kappa shape index (κ1) is 16.9. The Morgan fingerprint density at radius 3 is 2.82 bits per heavy atom. The summed E-state index contributed by atoms with van der Waals surface area (Å²) in [7, 11) is 2.19. The van der Waals surface area contributed by atoms with E-state index in [-0.39, 0.29) is 18.1 Å². The van der Waals surface area contributed by atoms with Crippen LogP contribution in [0.5, 0.6) is 0 Å². The molecular formula is C18H27FN2O. The van der Waals surface area contributed by atoms with Gasteiger partial charge in [-0.2, -0.15) is 0 Å². The molecule has 1 aromatic carbocycles. The molecule has 0 spiro atoms. The lowest BCUT2D eigenvalue weighted by Crippen LogP contribution is -2.36. The van der Waals surface area contributed by atoms with Gasteiger partial charge in [0.25, 0.3) is 0 Å². The Bertz CT molecular complexity index is 472. The number of amides is 1. The van der Waals surface area contributed by atoms with Crippen molar-refractivity contribution < 1.29 is 9.18 Å². The van der Waals surface area contributed by atoms with E-state index in [0.717, 1.165) is 24.6 Å². The normalized spacial score (nSPS) is 16.0. The van der Waals surface area contributed by atoms with Gasteiger partial charge in [0.05, 0.1) is 6.42 Å². The molecule has 0 aromatic heterocycles. The van der Waals surface area contributed by atoms with Crippen LogP contribution in [0.3, 0.4) is 0 Å². The molecule has 0 heterocycles. The van der Waals surface area contributed by atoms with Crippen LogP contribution < -0.4 is 5.32 Å². The fraction of sp³-hybridized carbons (Fsp3) is 0.611. The van der Waals surface area contributed by atoms with E-state index in [0.29, 0.717) is 6.54 Å². The maximum Gasteiger partial charge on any atom is 0.224 e. The van der Waals surface area contributed by atoms with Crippen molar-refractivity contribution in [2.24, 2.45) is 0 Å². The van der Waals surface area contributed by atoms with Gasteiger partial charge in [-0.25, -0.2) is 4.39 Å². The molecule has 2 rings (SSSR count). The molecule has 1 amide bonds. The zero-order chi connectivity index (χ0) is 15.8. The quantitative estimate of drug-likeness (QED) is 0.785. The highest BCUT2D eigenvalue weighted by Crippen LogP contribution is 2.21. The summed E-state index contributed by atoms with van der Waals surface area (Å²) in [6.07, 6.45) is 7.89. The number of hydrogen-bond donors (Lipinski definition) is 1. The highest BCUT2D eigenvalue weighted by molar-refractivity contribution is 5.78. The smallest absolute Gasteiger partial charge is 0.224 e. The Morgan fingerprint density at radius 1 is 1.32 bits per heavy atom. The molecule has 4 heteroatoms. The molecule has 0 atom stereocenters. The van der Waals surface area contributed by atoms with Crippen LogP contribution in [0.25, 0.3) is 0 Å². The number of rotatable bonds is 7. The molecule has 0 radical (unpaired) electrons. The Morgan fingerprint density at radius 2 is 2.09 bits per heavy atom. The van der Waals surface area contributed by atoms with Gasteiger partial charge in [-0.3, -0.25) is 4.79 Å². The second kappa shape index (κ2) is 8.89. The van der Waals surface area contributed by atoms with E-state index in [1.54, 1.807) is 12.1 Å². The van der Waals surface area contributed by atoms with Crippen molar-refractivity contribution in [1.29, 1.82) is 0 Å². The van der Waals surface area contributed by atoms with E-state index in [1.165, 1.54) is 44.2 Å². The van der Waals surface area contributed by atoms with Crippen molar-refractivity contribution in [2.45, 2.75) is 51.0 Å². The van der Waals surface area contributed by atoms with E-state index in [9.17, 15) is 9.18 Å². The predicted octanol–water partition coefficient (Wildman–Crippen LogP) is 3.14. The molecule has 3 nitrogen and oxygen atoms in total. The topological polar surface area (TPSA) is 32.3 Å². The fourth-order valence-electron chi connectivity index (χ4n) is 3.16. The molecule has 0 aliphatic heterocycles. The standard InChI is InChI=1S/C18H27FN2O/c1-21(17-9-3-2-4-10-17)12-6-11-20-18(22)14-15-7-5-8-16(19)13-15/h5,7-8,13,17H,2-4,6,9-12,14H2,1H3,(H,20,22). The first-order chi connectivity index (χ1) is 10.6. The summed E-state index contributed by atoms with van der Waals surface area (Å²) < 4.78 is 13.1.